The zero-order chi connectivity index (χ0) is 14.5. The summed E-state index contributed by atoms with van der Waals surface area (Å²) in [7, 11) is 0. The van der Waals surface area contributed by atoms with Gasteiger partial charge < -0.3 is 10.2 Å². The number of aromatic nitrogens is 2. The molecule has 0 spiro atoms. The molecule has 0 fully saturated rings. The highest BCUT2D eigenvalue weighted by Crippen LogP contribution is 2.14. The number of amides is 2. The SMILES string of the molecule is Cc1cc(N)nc(SCC(=O)NC(=O)c2ccco2)n1. The fraction of sp³-hybridized carbons (Fsp3) is 0.167. The Kier molecular flexibility index (Phi) is 4.36. The molecular formula is C12H12N4O3S. The van der Waals surface area contributed by atoms with Crippen molar-refractivity contribution >= 4 is 29.4 Å². The Morgan fingerprint density at radius 2 is 2.25 bits per heavy atom. The monoisotopic (exact) mass is 292 g/mol. The van der Waals surface area contributed by atoms with Gasteiger partial charge in [0, 0.05) is 11.8 Å². The third-order valence-corrected chi connectivity index (χ3v) is 3.03. The van der Waals surface area contributed by atoms with E-state index in [1.807, 2.05) is 0 Å². The second-order valence-electron chi connectivity index (χ2n) is 3.86. The highest BCUT2D eigenvalue weighted by molar-refractivity contribution is 7.99. The number of nitrogen functional groups attached to an aromatic ring is 1. The summed E-state index contributed by atoms with van der Waals surface area (Å²) in [6.07, 6.45) is 1.36. The van der Waals surface area contributed by atoms with E-state index in [2.05, 4.69) is 15.3 Å². The van der Waals surface area contributed by atoms with Crippen LogP contribution in [0.5, 0.6) is 0 Å². The van der Waals surface area contributed by atoms with Gasteiger partial charge in [0.1, 0.15) is 5.82 Å². The van der Waals surface area contributed by atoms with E-state index >= 15 is 0 Å². The quantitative estimate of drug-likeness (QED) is 0.639. The second kappa shape index (κ2) is 6.20. The van der Waals surface area contributed by atoms with Crippen molar-refractivity contribution in [2.24, 2.45) is 0 Å². The molecule has 20 heavy (non-hydrogen) atoms. The number of hydrogen-bond acceptors (Lipinski definition) is 7. The summed E-state index contributed by atoms with van der Waals surface area (Å²) < 4.78 is 4.88. The van der Waals surface area contributed by atoms with Crippen LogP contribution in [0.25, 0.3) is 0 Å². The zero-order valence-electron chi connectivity index (χ0n) is 10.6. The lowest BCUT2D eigenvalue weighted by molar-refractivity contribution is -0.117. The van der Waals surface area contributed by atoms with Gasteiger partial charge in [-0.2, -0.15) is 0 Å². The van der Waals surface area contributed by atoms with E-state index in [1.54, 1.807) is 19.1 Å². The molecule has 3 N–H and O–H groups in total. The second-order valence-corrected chi connectivity index (χ2v) is 4.80. The van der Waals surface area contributed by atoms with Gasteiger partial charge in [-0.1, -0.05) is 11.8 Å². The van der Waals surface area contributed by atoms with Crippen LogP contribution < -0.4 is 11.1 Å². The molecule has 0 atom stereocenters. The molecule has 0 unspecified atom stereocenters. The van der Waals surface area contributed by atoms with Crippen LogP contribution in [-0.2, 0) is 4.79 Å². The number of nitrogens with one attached hydrogen (secondary N) is 1. The predicted octanol–water partition coefficient (Wildman–Crippen LogP) is 1.01. The molecule has 2 aromatic heterocycles. The minimum atomic E-state index is -0.578. The molecular weight excluding hydrogens is 280 g/mol. The Labute approximate surface area is 119 Å². The number of hydrogen-bond donors (Lipinski definition) is 2. The summed E-state index contributed by atoms with van der Waals surface area (Å²) in [4.78, 5) is 31.3. The molecule has 0 saturated heterocycles. The number of nitrogens with zero attached hydrogens (tertiary/aromatic N) is 2. The van der Waals surface area contributed by atoms with Crippen molar-refractivity contribution in [1.82, 2.24) is 15.3 Å². The third-order valence-electron chi connectivity index (χ3n) is 2.18. The smallest absolute Gasteiger partial charge is 0.293 e. The first-order valence-corrected chi connectivity index (χ1v) is 6.65. The number of thioether (sulfide) groups is 1. The van der Waals surface area contributed by atoms with E-state index in [0.29, 0.717) is 16.7 Å². The summed E-state index contributed by atoms with van der Waals surface area (Å²) in [5.74, 6) is -0.605. The van der Waals surface area contributed by atoms with E-state index in [-0.39, 0.29) is 11.5 Å². The van der Waals surface area contributed by atoms with Gasteiger partial charge in [0.2, 0.25) is 5.91 Å². The lowest BCUT2D eigenvalue weighted by atomic mass is 10.4. The van der Waals surface area contributed by atoms with E-state index < -0.39 is 11.8 Å². The molecule has 0 bridgehead atoms. The van der Waals surface area contributed by atoms with Crippen molar-refractivity contribution in [3.8, 4) is 0 Å². The molecule has 0 aliphatic heterocycles. The van der Waals surface area contributed by atoms with Crippen molar-refractivity contribution in [2.75, 3.05) is 11.5 Å². The minimum absolute atomic E-state index is 0.00927. The summed E-state index contributed by atoms with van der Waals surface area (Å²) in [5.41, 5.74) is 6.29. The van der Waals surface area contributed by atoms with Crippen molar-refractivity contribution in [3.63, 3.8) is 0 Å². The number of anilines is 1. The van der Waals surface area contributed by atoms with Crippen molar-refractivity contribution < 1.29 is 14.0 Å². The normalized spacial score (nSPS) is 10.2. The van der Waals surface area contributed by atoms with Gasteiger partial charge in [-0.25, -0.2) is 9.97 Å². The maximum atomic E-state index is 11.6. The predicted molar refractivity (Wildman–Crippen MR) is 73.1 cm³/mol. The van der Waals surface area contributed by atoms with Crippen LogP contribution in [0.3, 0.4) is 0 Å². The first kappa shape index (κ1) is 14.1. The van der Waals surface area contributed by atoms with Crippen LogP contribution >= 0.6 is 11.8 Å². The van der Waals surface area contributed by atoms with E-state index in [1.165, 1.54) is 12.3 Å². The van der Waals surface area contributed by atoms with Gasteiger partial charge in [0.25, 0.3) is 5.91 Å². The summed E-state index contributed by atoms with van der Waals surface area (Å²) in [6, 6.07) is 4.67. The molecule has 7 nitrogen and oxygen atoms in total. The van der Waals surface area contributed by atoms with E-state index in [0.717, 1.165) is 11.8 Å². The van der Waals surface area contributed by atoms with Gasteiger partial charge in [-0.05, 0) is 19.1 Å². The first-order valence-electron chi connectivity index (χ1n) is 5.66. The van der Waals surface area contributed by atoms with Gasteiger partial charge in [-0.3, -0.25) is 14.9 Å². The number of furan rings is 1. The van der Waals surface area contributed by atoms with Crippen LogP contribution in [0.2, 0.25) is 0 Å². The van der Waals surface area contributed by atoms with Gasteiger partial charge in [0.15, 0.2) is 10.9 Å². The zero-order valence-corrected chi connectivity index (χ0v) is 11.4. The standard InChI is InChI=1S/C12H12N4O3S/c1-7-5-9(13)15-12(14-7)20-6-10(17)16-11(18)8-3-2-4-19-8/h2-5H,6H2,1H3,(H2,13,14,15)(H,16,17,18). The third kappa shape index (κ3) is 3.82. The topological polar surface area (TPSA) is 111 Å². The maximum Gasteiger partial charge on any atom is 0.293 e. The van der Waals surface area contributed by atoms with Crippen molar-refractivity contribution in [1.29, 1.82) is 0 Å². The number of rotatable bonds is 4. The summed E-state index contributed by atoms with van der Waals surface area (Å²) in [6.45, 7) is 1.78. The summed E-state index contributed by atoms with van der Waals surface area (Å²) in [5, 5.41) is 2.59. The Morgan fingerprint density at radius 1 is 1.45 bits per heavy atom. The average molecular weight is 292 g/mol. The lowest BCUT2D eigenvalue weighted by Gasteiger charge is -2.03. The average Bonchev–Trinajstić information content (AvgIpc) is 2.89. The minimum Gasteiger partial charge on any atom is -0.459 e. The molecule has 0 aliphatic carbocycles. The van der Waals surface area contributed by atoms with Gasteiger partial charge >= 0.3 is 0 Å². The number of nitrogens with two attached hydrogens (primary N) is 1. The molecule has 2 heterocycles. The van der Waals surface area contributed by atoms with Crippen molar-refractivity contribution in [2.45, 2.75) is 12.1 Å². The number of carbonyl (C=O) groups is 2. The molecule has 104 valence electrons. The largest absolute Gasteiger partial charge is 0.459 e. The molecule has 8 heteroatoms. The fourth-order valence-electron chi connectivity index (χ4n) is 1.39. The number of carbonyl (C=O) groups excluding carboxylic acids is 2. The highest BCUT2D eigenvalue weighted by atomic mass is 32.2. The highest BCUT2D eigenvalue weighted by Gasteiger charge is 2.13. The molecule has 0 saturated carbocycles. The molecule has 2 amide bonds. The fourth-order valence-corrected chi connectivity index (χ4v) is 2.10. The summed E-state index contributed by atoms with van der Waals surface area (Å²) >= 11 is 1.10. The van der Waals surface area contributed by atoms with Crippen LogP contribution in [0, 0.1) is 6.92 Å². The number of aryl methyl sites for hydroxylation is 1. The van der Waals surface area contributed by atoms with E-state index in [4.69, 9.17) is 10.2 Å². The molecule has 2 rings (SSSR count). The Morgan fingerprint density at radius 3 is 2.90 bits per heavy atom. The van der Waals surface area contributed by atoms with E-state index in [9.17, 15) is 9.59 Å². The van der Waals surface area contributed by atoms with Crippen LogP contribution in [0.4, 0.5) is 5.82 Å². The number of imide groups is 1. The maximum absolute atomic E-state index is 11.6. The molecule has 0 radical (unpaired) electrons. The van der Waals surface area contributed by atoms with Gasteiger partial charge in [0.05, 0.1) is 12.0 Å². The van der Waals surface area contributed by atoms with Crippen LogP contribution in [-0.4, -0.2) is 27.5 Å². The first-order chi connectivity index (χ1) is 9.54. The van der Waals surface area contributed by atoms with Crippen LogP contribution in [0.15, 0.2) is 34.0 Å². The lowest BCUT2D eigenvalue weighted by Crippen LogP contribution is -2.31. The Bertz CT molecular complexity index is 607. The Balaban J connectivity index is 1.87. The molecule has 0 aromatic carbocycles. The van der Waals surface area contributed by atoms with Crippen molar-refractivity contribution in [3.05, 3.63) is 35.9 Å². The van der Waals surface area contributed by atoms with Crippen LogP contribution in [0.1, 0.15) is 16.2 Å². The van der Waals surface area contributed by atoms with Gasteiger partial charge in [-0.15, -0.1) is 0 Å². The molecule has 0 aliphatic rings. The molecule has 2 aromatic rings. The Hall–Kier alpha value is -2.35.